The van der Waals surface area contributed by atoms with Crippen molar-refractivity contribution in [2.24, 2.45) is 0 Å². The van der Waals surface area contributed by atoms with Gasteiger partial charge in [0.25, 0.3) is 0 Å². The van der Waals surface area contributed by atoms with Crippen molar-refractivity contribution in [3.05, 3.63) is 11.9 Å². The number of amides is 1. The fraction of sp³-hybridized carbons (Fsp3) is 0.615. The number of hydrogen-bond donors (Lipinski definition) is 2. The lowest BCUT2D eigenvalue weighted by molar-refractivity contribution is -0.129. The third-order valence-electron chi connectivity index (χ3n) is 2.69. The van der Waals surface area contributed by atoms with Gasteiger partial charge in [-0.05, 0) is 6.92 Å². The SMILES string of the molecule is CNc1cc(NC(C)C(=O)N(C)C)nc(C(C)C)n1. The maximum absolute atomic E-state index is 11.8. The third-order valence-corrected chi connectivity index (χ3v) is 2.69. The number of anilines is 2. The minimum absolute atomic E-state index is 0.00992. The quantitative estimate of drug-likeness (QED) is 0.845. The largest absolute Gasteiger partial charge is 0.373 e. The van der Waals surface area contributed by atoms with Gasteiger partial charge in [-0.15, -0.1) is 0 Å². The molecule has 2 N–H and O–H groups in total. The Balaban J connectivity index is 2.94. The lowest BCUT2D eigenvalue weighted by Crippen LogP contribution is -2.36. The summed E-state index contributed by atoms with van der Waals surface area (Å²) in [6, 6.07) is 1.47. The zero-order chi connectivity index (χ0) is 14.6. The van der Waals surface area contributed by atoms with Crippen molar-refractivity contribution < 1.29 is 4.79 Å². The fourth-order valence-corrected chi connectivity index (χ4v) is 1.60. The van der Waals surface area contributed by atoms with Crippen LogP contribution in [0.25, 0.3) is 0 Å². The molecule has 1 rings (SSSR count). The number of nitrogens with one attached hydrogen (secondary N) is 2. The number of aromatic nitrogens is 2. The van der Waals surface area contributed by atoms with E-state index in [1.54, 1.807) is 25.1 Å². The number of hydrogen-bond acceptors (Lipinski definition) is 5. The minimum atomic E-state index is -0.324. The van der Waals surface area contributed by atoms with E-state index in [0.29, 0.717) is 5.82 Å². The monoisotopic (exact) mass is 265 g/mol. The molecule has 19 heavy (non-hydrogen) atoms. The van der Waals surface area contributed by atoms with Crippen molar-refractivity contribution >= 4 is 17.5 Å². The van der Waals surface area contributed by atoms with Gasteiger partial charge < -0.3 is 15.5 Å². The predicted octanol–water partition coefficient (Wildman–Crippen LogP) is 1.53. The second kappa shape index (κ2) is 6.36. The smallest absolute Gasteiger partial charge is 0.244 e. The van der Waals surface area contributed by atoms with Crippen LogP contribution in [0.4, 0.5) is 11.6 Å². The summed E-state index contributed by atoms with van der Waals surface area (Å²) >= 11 is 0. The van der Waals surface area contributed by atoms with Crippen LogP contribution in [0.15, 0.2) is 6.07 Å². The van der Waals surface area contributed by atoms with Crippen molar-refractivity contribution in [1.29, 1.82) is 0 Å². The molecule has 1 aromatic rings. The van der Waals surface area contributed by atoms with Gasteiger partial charge in [-0.25, -0.2) is 9.97 Å². The zero-order valence-corrected chi connectivity index (χ0v) is 12.5. The molecule has 0 aliphatic heterocycles. The lowest BCUT2D eigenvalue weighted by atomic mass is 10.2. The molecular weight excluding hydrogens is 242 g/mol. The highest BCUT2D eigenvalue weighted by molar-refractivity contribution is 5.83. The van der Waals surface area contributed by atoms with Gasteiger partial charge in [0.15, 0.2) is 0 Å². The standard InChI is InChI=1S/C13H23N5O/c1-8(2)12-16-10(14-4)7-11(17-12)15-9(3)13(19)18(5)6/h7-9H,1-6H3,(H2,14,15,16,17). The summed E-state index contributed by atoms with van der Waals surface area (Å²) in [5.74, 6) is 2.39. The Kier molecular flexibility index (Phi) is 5.09. The fourth-order valence-electron chi connectivity index (χ4n) is 1.60. The summed E-state index contributed by atoms with van der Waals surface area (Å²) in [5.41, 5.74) is 0. The molecule has 0 fully saturated rings. The Bertz CT molecular complexity index is 445. The molecule has 0 radical (unpaired) electrons. The molecule has 1 heterocycles. The van der Waals surface area contributed by atoms with E-state index >= 15 is 0 Å². The van der Waals surface area contributed by atoms with Crippen LogP contribution >= 0.6 is 0 Å². The van der Waals surface area contributed by atoms with Gasteiger partial charge >= 0.3 is 0 Å². The molecule has 0 bridgehead atoms. The molecule has 1 aromatic heterocycles. The molecule has 1 unspecified atom stereocenters. The molecule has 0 spiro atoms. The number of nitrogens with zero attached hydrogens (tertiary/aromatic N) is 3. The second-order valence-corrected chi connectivity index (χ2v) is 5.00. The van der Waals surface area contributed by atoms with Crippen molar-refractivity contribution in [2.45, 2.75) is 32.7 Å². The second-order valence-electron chi connectivity index (χ2n) is 5.00. The molecule has 6 heteroatoms. The van der Waals surface area contributed by atoms with Gasteiger partial charge in [0.1, 0.15) is 23.5 Å². The van der Waals surface area contributed by atoms with Crippen molar-refractivity contribution in [3.8, 4) is 0 Å². The summed E-state index contributed by atoms with van der Waals surface area (Å²) in [7, 11) is 5.28. The van der Waals surface area contributed by atoms with Crippen LogP contribution in [-0.2, 0) is 4.79 Å². The average Bonchev–Trinajstić information content (AvgIpc) is 2.36. The van der Waals surface area contributed by atoms with E-state index in [1.807, 2.05) is 27.8 Å². The van der Waals surface area contributed by atoms with Crippen LogP contribution in [0.1, 0.15) is 32.5 Å². The van der Waals surface area contributed by atoms with Crippen LogP contribution in [0.3, 0.4) is 0 Å². The first-order chi connectivity index (χ1) is 8.85. The van der Waals surface area contributed by atoms with Gasteiger partial charge in [0, 0.05) is 33.1 Å². The van der Waals surface area contributed by atoms with E-state index in [0.717, 1.165) is 11.6 Å². The number of carbonyl (C=O) groups excluding carboxylic acids is 1. The zero-order valence-electron chi connectivity index (χ0n) is 12.5. The number of carbonyl (C=O) groups is 1. The summed E-state index contributed by atoms with van der Waals surface area (Å²) in [4.78, 5) is 22.2. The maximum atomic E-state index is 11.8. The Morgan fingerprint density at radius 2 is 1.79 bits per heavy atom. The summed E-state index contributed by atoms with van der Waals surface area (Å²) in [5, 5.41) is 6.11. The minimum Gasteiger partial charge on any atom is -0.373 e. The maximum Gasteiger partial charge on any atom is 0.244 e. The Hall–Kier alpha value is -1.85. The highest BCUT2D eigenvalue weighted by Crippen LogP contribution is 2.17. The molecule has 1 amide bonds. The Morgan fingerprint density at radius 3 is 2.26 bits per heavy atom. The van der Waals surface area contributed by atoms with Crippen LogP contribution in [0.5, 0.6) is 0 Å². The van der Waals surface area contributed by atoms with E-state index in [4.69, 9.17) is 0 Å². The van der Waals surface area contributed by atoms with E-state index in [9.17, 15) is 4.79 Å². The first-order valence-corrected chi connectivity index (χ1v) is 6.39. The molecule has 0 aromatic carbocycles. The molecule has 1 atom stereocenters. The average molecular weight is 265 g/mol. The summed E-state index contributed by atoms with van der Waals surface area (Å²) < 4.78 is 0. The van der Waals surface area contributed by atoms with E-state index in [-0.39, 0.29) is 17.9 Å². The van der Waals surface area contributed by atoms with E-state index in [2.05, 4.69) is 20.6 Å². The molecule has 0 saturated heterocycles. The molecule has 0 aliphatic carbocycles. The van der Waals surface area contributed by atoms with Crippen molar-refractivity contribution in [2.75, 3.05) is 31.8 Å². The van der Waals surface area contributed by atoms with Gasteiger partial charge in [-0.1, -0.05) is 13.8 Å². The Labute approximate surface area is 114 Å². The lowest BCUT2D eigenvalue weighted by Gasteiger charge is -2.19. The number of likely N-dealkylation sites (N-methyl/N-ethyl adjacent to an activating group) is 1. The molecule has 106 valence electrons. The first kappa shape index (κ1) is 15.2. The molecule has 0 aliphatic rings. The molecule has 0 saturated carbocycles. The third kappa shape index (κ3) is 4.08. The summed E-state index contributed by atoms with van der Waals surface area (Å²) in [6.07, 6.45) is 0. The van der Waals surface area contributed by atoms with Crippen molar-refractivity contribution in [3.63, 3.8) is 0 Å². The van der Waals surface area contributed by atoms with Crippen LogP contribution in [0, 0.1) is 0 Å². The first-order valence-electron chi connectivity index (χ1n) is 6.39. The van der Waals surface area contributed by atoms with Gasteiger partial charge in [-0.3, -0.25) is 4.79 Å². The predicted molar refractivity (Wildman–Crippen MR) is 77.4 cm³/mol. The van der Waals surface area contributed by atoms with Crippen molar-refractivity contribution in [1.82, 2.24) is 14.9 Å². The highest BCUT2D eigenvalue weighted by Gasteiger charge is 2.16. The molecular formula is C13H23N5O. The topological polar surface area (TPSA) is 70.2 Å². The van der Waals surface area contributed by atoms with Crippen LogP contribution < -0.4 is 10.6 Å². The van der Waals surface area contributed by atoms with Gasteiger partial charge in [-0.2, -0.15) is 0 Å². The Morgan fingerprint density at radius 1 is 1.21 bits per heavy atom. The number of rotatable bonds is 5. The normalized spacial score (nSPS) is 12.2. The summed E-state index contributed by atoms with van der Waals surface area (Å²) in [6.45, 7) is 5.89. The molecule has 6 nitrogen and oxygen atoms in total. The van der Waals surface area contributed by atoms with E-state index in [1.165, 1.54) is 0 Å². The van der Waals surface area contributed by atoms with Gasteiger partial charge in [0.2, 0.25) is 5.91 Å². The highest BCUT2D eigenvalue weighted by atomic mass is 16.2. The van der Waals surface area contributed by atoms with E-state index < -0.39 is 0 Å². The van der Waals surface area contributed by atoms with Crippen LogP contribution in [-0.4, -0.2) is 48.0 Å². The van der Waals surface area contributed by atoms with Gasteiger partial charge in [0.05, 0.1) is 0 Å². The van der Waals surface area contributed by atoms with Crippen LogP contribution in [0.2, 0.25) is 0 Å².